The molecule has 26 heavy (non-hydrogen) atoms. The van der Waals surface area contributed by atoms with Crippen molar-refractivity contribution in [3.63, 3.8) is 0 Å². The predicted octanol–water partition coefficient (Wildman–Crippen LogP) is 3.43. The smallest absolute Gasteiger partial charge is 0.0534 e. The molecule has 0 aliphatic carbocycles. The first-order valence-corrected chi connectivity index (χ1v) is 10.3. The van der Waals surface area contributed by atoms with Gasteiger partial charge in [0.25, 0.3) is 0 Å². The van der Waals surface area contributed by atoms with Crippen molar-refractivity contribution in [3.8, 4) is 0 Å². The molecule has 4 heterocycles. The van der Waals surface area contributed by atoms with E-state index in [1.165, 1.54) is 63.0 Å². The van der Waals surface area contributed by atoms with Crippen LogP contribution in [0.3, 0.4) is 0 Å². The lowest BCUT2D eigenvalue weighted by atomic mass is 9.95. The molecule has 2 atom stereocenters. The Hall–Kier alpha value is -1.65. The maximum Gasteiger partial charge on any atom is 0.0534 e. The maximum atomic E-state index is 4.45. The summed E-state index contributed by atoms with van der Waals surface area (Å²) in [6, 6.07) is 11.6. The first-order chi connectivity index (χ1) is 12.8. The van der Waals surface area contributed by atoms with Gasteiger partial charge in [-0.3, -0.25) is 9.58 Å². The van der Waals surface area contributed by atoms with Crippen molar-refractivity contribution in [1.29, 1.82) is 0 Å². The highest BCUT2D eigenvalue weighted by atomic mass is 15.3. The lowest BCUT2D eigenvalue weighted by Gasteiger charge is -2.35. The van der Waals surface area contributed by atoms with Gasteiger partial charge in [0.1, 0.15) is 0 Å². The Labute approximate surface area is 157 Å². The summed E-state index contributed by atoms with van der Waals surface area (Å²) in [7, 11) is 0. The predicted molar refractivity (Wildman–Crippen MR) is 106 cm³/mol. The highest BCUT2D eigenvalue weighted by Crippen LogP contribution is 2.29. The van der Waals surface area contributed by atoms with Gasteiger partial charge in [0.15, 0.2) is 0 Å². The second-order valence-electron chi connectivity index (χ2n) is 8.08. The van der Waals surface area contributed by atoms with Crippen LogP contribution in [-0.2, 0) is 19.5 Å². The van der Waals surface area contributed by atoms with Crippen LogP contribution in [0.5, 0.6) is 0 Å². The molecule has 0 saturated carbocycles. The standard InChI is InChI=1S/C22H32N4/c1-2-26-17-21(13-23-26)16-25-15-20-10-11-22(25)18-24(14-20)12-6-9-19-7-4-3-5-8-19/h3-5,7-8,13,17,20,22H,2,6,9-12,14-16,18H2,1H3/t20-,22+/m0/s1. The van der Waals surface area contributed by atoms with E-state index in [1.807, 2.05) is 4.68 Å². The Balaban J connectivity index is 1.31. The Kier molecular flexibility index (Phi) is 5.71. The van der Waals surface area contributed by atoms with E-state index in [9.17, 15) is 0 Å². The summed E-state index contributed by atoms with van der Waals surface area (Å²) in [5, 5.41) is 4.45. The molecule has 3 saturated heterocycles. The van der Waals surface area contributed by atoms with Crippen molar-refractivity contribution in [2.75, 3.05) is 26.2 Å². The zero-order valence-electron chi connectivity index (χ0n) is 16.1. The van der Waals surface area contributed by atoms with Gasteiger partial charge in [-0.1, -0.05) is 30.3 Å². The largest absolute Gasteiger partial charge is 0.301 e. The van der Waals surface area contributed by atoms with Gasteiger partial charge in [-0.15, -0.1) is 0 Å². The highest BCUT2D eigenvalue weighted by molar-refractivity contribution is 5.14. The minimum absolute atomic E-state index is 0.718. The average molecular weight is 353 g/mol. The SMILES string of the molecule is CCn1cc(CN2C[C@H]3CC[C@@H]2CN(CCCc2ccccc2)C3)cn1. The van der Waals surface area contributed by atoms with Gasteiger partial charge in [0, 0.05) is 50.5 Å². The fraction of sp³-hybridized carbons (Fsp3) is 0.591. The van der Waals surface area contributed by atoms with Crippen LogP contribution in [0.4, 0.5) is 0 Å². The molecule has 3 fully saturated rings. The van der Waals surface area contributed by atoms with E-state index in [-0.39, 0.29) is 0 Å². The number of benzene rings is 1. The first kappa shape index (κ1) is 17.7. The number of fused-ring (bicyclic) bond motifs is 4. The van der Waals surface area contributed by atoms with Crippen LogP contribution < -0.4 is 0 Å². The van der Waals surface area contributed by atoms with Crippen LogP contribution in [0.15, 0.2) is 42.7 Å². The van der Waals surface area contributed by atoms with E-state index in [0.29, 0.717) is 0 Å². The molecule has 1 aromatic carbocycles. The fourth-order valence-electron chi connectivity index (χ4n) is 4.70. The molecule has 140 valence electrons. The van der Waals surface area contributed by atoms with Crippen molar-refractivity contribution < 1.29 is 0 Å². The summed E-state index contributed by atoms with van der Waals surface area (Å²) in [6.07, 6.45) is 9.52. The molecule has 2 aromatic rings. The third kappa shape index (κ3) is 4.36. The summed E-state index contributed by atoms with van der Waals surface area (Å²) < 4.78 is 2.04. The second-order valence-corrected chi connectivity index (χ2v) is 8.08. The number of piperidine rings is 1. The van der Waals surface area contributed by atoms with Gasteiger partial charge in [-0.05, 0) is 50.6 Å². The Morgan fingerprint density at radius 3 is 2.73 bits per heavy atom. The van der Waals surface area contributed by atoms with E-state index in [4.69, 9.17) is 0 Å². The molecule has 0 unspecified atom stereocenters. The van der Waals surface area contributed by atoms with Crippen molar-refractivity contribution in [1.82, 2.24) is 19.6 Å². The highest BCUT2D eigenvalue weighted by Gasteiger charge is 2.34. The molecule has 0 spiro atoms. The van der Waals surface area contributed by atoms with Gasteiger partial charge in [-0.25, -0.2) is 0 Å². The number of hydrogen-bond acceptors (Lipinski definition) is 3. The number of nitrogens with zero attached hydrogens (tertiary/aromatic N) is 4. The fourth-order valence-corrected chi connectivity index (χ4v) is 4.70. The molecule has 0 amide bonds. The summed E-state index contributed by atoms with van der Waals surface area (Å²) in [4.78, 5) is 5.46. The van der Waals surface area contributed by atoms with Crippen molar-refractivity contribution in [2.45, 2.75) is 51.7 Å². The summed E-state index contributed by atoms with van der Waals surface area (Å²) in [6.45, 7) is 9.21. The van der Waals surface area contributed by atoms with Crippen LogP contribution in [0.2, 0.25) is 0 Å². The molecule has 1 aromatic heterocycles. The third-order valence-corrected chi connectivity index (χ3v) is 6.08. The molecule has 4 nitrogen and oxygen atoms in total. The monoisotopic (exact) mass is 352 g/mol. The first-order valence-electron chi connectivity index (χ1n) is 10.3. The molecule has 0 N–H and O–H groups in total. The van der Waals surface area contributed by atoms with Crippen LogP contribution in [0.25, 0.3) is 0 Å². The normalized spacial score (nSPS) is 24.0. The molecule has 5 rings (SSSR count). The lowest BCUT2D eigenvalue weighted by molar-refractivity contribution is 0.123. The number of hydrogen-bond donors (Lipinski definition) is 0. The minimum Gasteiger partial charge on any atom is -0.301 e. The van der Waals surface area contributed by atoms with E-state index in [2.05, 4.69) is 64.5 Å². The summed E-state index contributed by atoms with van der Waals surface area (Å²) >= 11 is 0. The van der Waals surface area contributed by atoms with E-state index >= 15 is 0 Å². The second kappa shape index (κ2) is 8.36. The Morgan fingerprint density at radius 2 is 1.92 bits per heavy atom. The van der Waals surface area contributed by atoms with Crippen molar-refractivity contribution in [2.24, 2.45) is 5.92 Å². The number of rotatable bonds is 7. The van der Waals surface area contributed by atoms with E-state index in [0.717, 1.165) is 25.0 Å². The molecule has 0 radical (unpaired) electrons. The molecule has 2 bridgehead atoms. The lowest BCUT2D eigenvalue weighted by Crippen LogP contribution is -2.43. The number of aryl methyl sites for hydroxylation is 2. The molecular weight excluding hydrogens is 320 g/mol. The quantitative estimate of drug-likeness (QED) is 0.763. The Morgan fingerprint density at radius 1 is 1.04 bits per heavy atom. The number of aromatic nitrogens is 2. The van der Waals surface area contributed by atoms with Crippen LogP contribution in [-0.4, -0.2) is 51.8 Å². The summed E-state index contributed by atoms with van der Waals surface area (Å²) in [5.74, 6) is 0.840. The third-order valence-electron chi connectivity index (χ3n) is 6.08. The van der Waals surface area contributed by atoms with Gasteiger partial charge in [0.05, 0.1) is 6.20 Å². The Bertz CT molecular complexity index is 680. The van der Waals surface area contributed by atoms with Gasteiger partial charge in [-0.2, -0.15) is 5.10 Å². The minimum atomic E-state index is 0.718. The zero-order valence-corrected chi connectivity index (χ0v) is 16.1. The van der Waals surface area contributed by atoms with Gasteiger partial charge < -0.3 is 4.90 Å². The molecule has 3 aliphatic rings. The molecule has 3 aliphatic heterocycles. The van der Waals surface area contributed by atoms with E-state index in [1.54, 1.807) is 0 Å². The van der Waals surface area contributed by atoms with Gasteiger partial charge in [0.2, 0.25) is 0 Å². The maximum absolute atomic E-state index is 4.45. The van der Waals surface area contributed by atoms with Crippen molar-refractivity contribution >= 4 is 0 Å². The van der Waals surface area contributed by atoms with Gasteiger partial charge >= 0.3 is 0 Å². The summed E-state index contributed by atoms with van der Waals surface area (Å²) in [5.41, 5.74) is 2.84. The van der Waals surface area contributed by atoms with Crippen LogP contribution in [0, 0.1) is 5.92 Å². The van der Waals surface area contributed by atoms with Crippen LogP contribution >= 0.6 is 0 Å². The molecular formula is C22H32N4. The van der Waals surface area contributed by atoms with E-state index < -0.39 is 0 Å². The zero-order chi connectivity index (χ0) is 17.8. The van der Waals surface area contributed by atoms with Crippen LogP contribution in [0.1, 0.15) is 37.3 Å². The molecule has 4 heteroatoms. The topological polar surface area (TPSA) is 24.3 Å². The van der Waals surface area contributed by atoms with Crippen molar-refractivity contribution in [3.05, 3.63) is 53.9 Å². The average Bonchev–Trinajstić information content (AvgIpc) is 2.94.